The van der Waals surface area contributed by atoms with E-state index in [1.54, 1.807) is 19.2 Å². The zero-order valence-corrected chi connectivity index (χ0v) is 13.6. The minimum atomic E-state index is -0.328. The summed E-state index contributed by atoms with van der Waals surface area (Å²) in [6.07, 6.45) is 0.818. The van der Waals surface area contributed by atoms with Crippen LogP contribution >= 0.6 is 15.9 Å². The van der Waals surface area contributed by atoms with Gasteiger partial charge in [0.1, 0.15) is 11.9 Å². The van der Waals surface area contributed by atoms with Gasteiger partial charge in [0.25, 0.3) is 0 Å². The number of halogens is 1. The summed E-state index contributed by atoms with van der Waals surface area (Å²) in [5.74, 6) is -0.0230. The second-order valence-electron chi connectivity index (χ2n) is 6.15. The van der Waals surface area contributed by atoms with E-state index in [1.807, 2.05) is 12.1 Å². The Hall–Kier alpha value is -1.56. The lowest BCUT2D eigenvalue weighted by atomic mass is 9.79. The molecule has 1 amide bonds. The molecule has 116 valence electrons. The second kappa shape index (κ2) is 4.98. The second-order valence-corrected chi connectivity index (χ2v) is 7.21. The quantitative estimate of drug-likeness (QED) is 0.658. The zero-order chi connectivity index (χ0) is 15.4. The Morgan fingerprint density at radius 1 is 1.36 bits per heavy atom. The van der Waals surface area contributed by atoms with Gasteiger partial charge in [0, 0.05) is 5.92 Å². The molecule has 0 aromatic heterocycles. The van der Waals surface area contributed by atoms with Crippen molar-refractivity contribution in [1.29, 1.82) is 0 Å². The highest BCUT2D eigenvalue weighted by molar-refractivity contribution is 9.09. The highest BCUT2D eigenvalue weighted by Crippen LogP contribution is 2.60. The minimum Gasteiger partial charge on any atom is -0.495 e. The Labute approximate surface area is 136 Å². The van der Waals surface area contributed by atoms with Gasteiger partial charge in [-0.3, -0.25) is 9.59 Å². The van der Waals surface area contributed by atoms with E-state index in [9.17, 15) is 9.59 Å². The first kappa shape index (κ1) is 14.1. The number of alkyl halides is 1. The fourth-order valence-corrected chi connectivity index (χ4v) is 5.34. The first-order valence-electron chi connectivity index (χ1n) is 7.40. The number of carbonyl (C=O) groups excluding carboxylic acids is 2. The third-order valence-electron chi connectivity index (χ3n) is 5.19. The van der Waals surface area contributed by atoms with E-state index >= 15 is 0 Å². The van der Waals surface area contributed by atoms with Crippen LogP contribution in [0, 0.1) is 23.7 Å². The number of carbonyl (C=O) groups is 2. The minimum absolute atomic E-state index is 0.0576. The van der Waals surface area contributed by atoms with Crippen LogP contribution in [0.5, 0.6) is 5.75 Å². The maximum absolute atomic E-state index is 12.8. The molecule has 0 unspecified atom stereocenters. The molecule has 2 saturated carbocycles. The van der Waals surface area contributed by atoms with Crippen molar-refractivity contribution in [3.8, 4) is 5.75 Å². The van der Waals surface area contributed by atoms with Gasteiger partial charge < -0.3 is 14.8 Å². The lowest BCUT2D eigenvalue weighted by Crippen LogP contribution is -2.40. The van der Waals surface area contributed by atoms with Crippen LogP contribution in [-0.2, 0) is 14.3 Å². The molecule has 2 bridgehead atoms. The molecule has 1 saturated heterocycles. The van der Waals surface area contributed by atoms with Crippen molar-refractivity contribution >= 4 is 33.5 Å². The highest BCUT2D eigenvalue weighted by atomic mass is 79.9. The topological polar surface area (TPSA) is 64.6 Å². The van der Waals surface area contributed by atoms with Crippen molar-refractivity contribution in [3.63, 3.8) is 0 Å². The maximum Gasteiger partial charge on any atom is 0.310 e. The molecule has 3 aliphatic rings. The molecule has 0 spiro atoms. The number of ether oxygens (including phenoxy) is 2. The molecule has 5 nitrogen and oxygen atoms in total. The molecule has 22 heavy (non-hydrogen) atoms. The fraction of sp³-hybridized carbons (Fsp3) is 0.500. The van der Waals surface area contributed by atoms with Crippen molar-refractivity contribution < 1.29 is 19.1 Å². The number of nitrogens with one attached hydrogen (secondary N) is 1. The van der Waals surface area contributed by atoms with E-state index in [2.05, 4.69) is 21.2 Å². The maximum atomic E-state index is 12.8. The van der Waals surface area contributed by atoms with Crippen LogP contribution in [0.1, 0.15) is 6.42 Å². The summed E-state index contributed by atoms with van der Waals surface area (Å²) in [6, 6.07) is 7.28. The Kier molecular flexibility index (Phi) is 3.18. The van der Waals surface area contributed by atoms with Gasteiger partial charge in [-0.25, -0.2) is 0 Å². The monoisotopic (exact) mass is 365 g/mol. The van der Waals surface area contributed by atoms with Crippen molar-refractivity contribution in [2.24, 2.45) is 23.7 Å². The molecule has 1 aliphatic heterocycles. The third kappa shape index (κ3) is 1.82. The average Bonchev–Trinajstić information content (AvgIpc) is 3.12. The zero-order valence-electron chi connectivity index (χ0n) is 12.0. The lowest BCUT2D eigenvalue weighted by molar-refractivity contribution is -0.145. The predicted octanol–water partition coefficient (Wildman–Crippen LogP) is 2.20. The van der Waals surface area contributed by atoms with Gasteiger partial charge in [-0.15, -0.1) is 0 Å². The summed E-state index contributed by atoms with van der Waals surface area (Å²) < 4.78 is 10.7. The molecule has 1 aromatic carbocycles. The molecule has 6 heteroatoms. The number of methoxy groups -OCH3 is 1. The number of esters is 1. The van der Waals surface area contributed by atoms with Crippen LogP contribution in [0.3, 0.4) is 0 Å². The first-order chi connectivity index (χ1) is 10.6. The van der Waals surface area contributed by atoms with E-state index in [4.69, 9.17) is 9.47 Å². The van der Waals surface area contributed by atoms with E-state index in [0.29, 0.717) is 11.4 Å². The van der Waals surface area contributed by atoms with Crippen LogP contribution in [-0.4, -0.2) is 29.9 Å². The normalized spacial score (nSPS) is 38.0. The molecular formula is C16H16BrNO4. The van der Waals surface area contributed by atoms with Gasteiger partial charge in [0.2, 0.25) is 5.91 Å². The third-order valence-corrected chi connectivity index (χ3v) is 6.39. The molecular weight excluding hydrogens is 350 g/mol. The summed E-state index contributed by atoms with van der Waals surface area (Å²) >= 11 is 3.62. The van der Waals surface area contributed by atoms with E-state index < -0.39 is 0 Å². The van der Waals surface area contributed by atoms with Crippen molar-refractivity contribution in [3.05, 3.63) is 24.3 Å². The number of hydrogen-bond donors (Lipinski definition) is 1. The SMILES string of the molecule is COc1ccccc1NC(=O)[C@@H]1[C@H]2C[C@H]3[C@H](OC(=O)[C@H]31)[C@H]2Br. The fourth-order valence-electron chi connectivity index (χ4n) is 4.29. The smallest absolute Gasteiger partial charge is 0.310 e. The van der Waals surface area contributed by atoms with Crippen LogP contribution < -0.4 is 10.1 Å². The van der Waals surface area contributed by atoms with E-state index in [-0.39, 0.29) is 46.5 Å². The summed E-state index contributed by atoms with van der Waals surface area (Å²) in [4.78, 5) is 24.9. The summed E-state index contributed by atoms with van der Waals surface area (Å²) in [7, 11) is 1.57. The van der Waals surface area contributed by atoms with Gasteiger partial charge >= 0.3 is 5.97 Å². The molecule has 4 rings (SSSR count). The van der Waals surface area contributed by atoms with Crippen molar-refractivity contribution in [2.45, 2.75) is 17.4 Å². The number of anilines is 1. The summed E-state index contributed by atoms with van der Waals surface area (Å²) in [5, 5.41) is 2.92. The van der Waals surface area contributed by atoms with Crippen LogP contribution in [0.25, 0.3) is 0 Å². The molecule has 6 atom stereocenters. The summed E-state index contributed by atoms with van der Waals surface area (Å²) in [5.41, 5.74) is 0.631. The number of fused-ring (bicyclic) bond motifs is 1. The molecule has 3 fully saturated rings. The number of para-hydroxylation sites is 2. The molecule has 1 N–H and O–H groups in total. The van der Waals surface area contributed by atoms with Crippen LogP contribution in [0.15, 0.2) is 24.3 Å². The average molecular weight is 366 g/mol. The standard InChI is InChI=1S/C16H16BrNO4/c1-21-10-5-3-2-4-9(10)18-15(19)11-7-6-8-12(11)16(20)22-14(8)13(7)17/h2-5,7-8,11-14H,6H2,1H3,(H,18,19)/t7-,8-,11-,12-,13+,14+/m1/s1. The first-order valence-corrected chi connectivity index (χ1v) is 8.32. The largest absolute Gasteiger partial charge is 0.495 e. The Balaban J connectivity index is 1.60. The number of amides is 1. The molecule has 1 aromatic rings. The Morgan fingerprint density at radius 3 is 2.91 bits per heavy atom. The Bertz CT molecular complexity index is 649. The lowest BCUT2D eigenvalue weighted by Gasteiger charge is -2.27. The van der Waals surface area contributed by atoms with Crippen LogP contribution in [0.2, 0.25) is 0 Å². The van der Waals surface area contributed by atoms with Gasteiger partial charge in [-0.2, -0.15) is 0 Å². The van der Waals surface area contributed by atoms with Crippen LogP contribution in [0.4, 0.5) is 5.69 Å². The van der Waals surface area contributed by atoms with Gasteiger partial charge in [0.15, 0.2) is 0 Å². The number of rotatable bonds is 3. The number of hydrogen-bond acceptors (Lipinski definition) is 4. The van der Waals surface area contributed by atoms with Gasteiger partial charge in [-0.05, 0) is 24.5 Å². The molecule has 1 heterocycles. The van der Waals surface area contributed by atoms with Gasteiger partial charge in [-0.1, -0.05) is 28.1 Å². The number of benzene rings is 1. The highest BCUT2D eigenvalue weighted by Gasteiger charge is 2.67. The molecule has 0 radical (unpaired) electrons. The van der Waals surface area contributed by atoms with E-state index in [0.717, 1.165) is 6.42 Å². The molecule has 2 aliphatic carbocycles. The summed E-state index contributed by atoms with van der Waals surface area (Å²) in [6.45, 7) is 0. The van der Waals surface area contributed by atoms with Crippen molar-refractivity contribution in [2.75, 3.05) is 12.4 Å². The van der Waals surface area contributed by atoms with E-state index in [1.165, 1.54) is 0 Å². The predicted molar refractivity (Wildman–Crippen MR) is 82.8 cm³/mol. The van der Waals surface area contributed by atoms with Gasteiger partial charge in [0.05, 0.1) is 29.5 Å². The van der Waals surface area contributed by atoms with Crippen molar-refractivity contribution in [1.82, 2.24) is 0 Å². The Morgan fingerprint density at radius 2 is 2.14 bits per heavy atom.